The van der Waals surface area contributed by atoms with Crippen molar-refractivity contribution in [2.45, 2.75) is 58.9 Å². The summed E-state index contributed by atoms with van der Waals surface area (Å²) in [6.07, 6.45) is 2.18. The molecule has 3 nitrogen and oxygen atoms in total. The number of nitrogens with zero attached hydrogens (tertiary/aromatic N) is 1. The minimum atomic E-state index is -0.283. The van der Waals surface area contributed by atoms with Gasteiger partial charge in [-0.2, -0.15) is 0 Å². The molecule has 0 bridgehead atoms. The number of anilines is 1. The lowest BCUT2D eigenvalue weighted by atomic mass is 9.91. The van der Waals surface area contributed by atoms with Gasteiger partial charge in [-0.3, -0.25) is 0 Å². The van der Waals surface area contributed by atoms with Crippen molar-refractivity contribution in [1.29, 1.82) is 0 Å². The lowest BCUT2D eigenvalue weighted by Crippen LogP contribution is -2.37. The number of benzene rings is 1. The second kappa shape index (κ2) is 4.88. The minimum absolute atomic E-state index is 0.0341. The molecule has 1 atom stereocenters. The van der Waals surface area contributed by atoms with Gasteiger partial charge in [0.1, 0.15) is 6.23 Å². The Morgan fingerprint density at radius 3 is 2.59 bits per heavy atom. The fraction of sp³-hybridized carbons (Fsp3) is 0.474. The lowest BCUT2D eigenvalue weighted by Gasteiger charge is -2.38. The van der Waals surface area contributed by atoms with Crippen molar-refractivity contribution in [2.75, 3.05) is 5.32 Å². The van der Waals surface area contributed by atoms with Crippen LogP contribution in [0.3, 0.4) is 0 Å². The Balaban J connectivity index is 2.11. The largest absolute Gasteiger partial charge is 0.360 e. The molecule has 1 aliphatic heterocycles. The minimum Gasteiger partial charge on any atom is -0.360 e. The van der Waals surface area contributed by atoms with Gasteiger partial charge < -0.3 is 14.6 Å². The van der Waals surface area contributed by atoms with Crippen LogP contribution in [0.25, 0.3) is 11.3 Å². The molecule has 1 aromatic heterocycles. The van der Waals surface area contributed by atoms with Crippen molar-refractivity contribution in [3.05, 3.63) is 42.1 Å². The molecule has 1 aromatic carbocycles. The molecular formula is C19H26N2O. The standard InChI is InChI=1S/C19H26N2O/c1-13-20-16-10-9-14(12-15(16)19(5,6)22-13)17-8-7-11-21(17)18(2,3)4/h7-13,20H,1-6H3. The lowest BCUT2D eigenvalue weighted by molar-refractivity contribution is -0.0632. The van der Waals surface area contributed by atoms with Crippen molar-refractivity contribution in [3.63, 3.8) is 0 Å². The molecule has 3 heteroatoms. The third kappa shape index (κ3) is 2.54. The molecule has 1 N–H and O–H groups in total. The van der Waals surface area contributed by atoms with Crippen LogP contribution >= 0.6 is 0 Å². The van der Waals surface area contributed by atoms with Gasteiger partial charge in [-0.15, -0.1) is 0 Å². The summed E-state index contributed by atoms with van der Waals surface area (Å²) in [6.45, 7) is 13.0. The number of fused-ring (bicyclic) bond motifs is 1. The van der Waals surface area contributed by atoms with Crippen LogP contribution in [0.2, 0.25) is 0 Å². The third-order valence-corrected chi connectivity index (χ3v) is 4.27. The molecule has 0 saturated heterocycles. The zero-order valence-corrected chi connectivity index (χ0v) is 14.4. The summed E-state index contributed by atoms with van der Waals surface area (Å²) in [5, 5.41) is 3.40. The molecule has 0 aliphatic carbocycles. The van der Waals surface area contributed by atoms with E-state index in [0.29, 0.717) is 0 Å². The van der Waals surface area contributed by atoms with E-state index in [1.54, 1.807) is 0 Å². The number of hydrogen-bond donors (Lipinski definition) is 1. The molecule has 0 spiro atoms. The average molecular weight is 298 g/mol. The number of ether oxygens (including phenoxy) is 1. The summed E-state index contributed by atoms with van der Waals surface area (Å²) in [5.74, 6) is 0. The summed E-state index contributed by atoms with van der Waals surface area (Å²) >= 11 is 0. The van der Waals surface area contributed by atoms with Crippen LogP contribution in [0.1, 0.15) is 47.1 Å². The summed E-state index contributed by atoms with van der Waals surface area (Å²) in [5.41, 5.74) is 4.63. The maximum absolute atomic E-state index is 6.05. The number of aromatic nitrogens is 1. The molecule has 1 aliphatic rings. The second-order valence-corrected chi connectivity index (χ2v) is 7.61. The highest BCUT2D eigenvalue weighted by Gasteiger charge is 2.32. The van der Waals surface area contributed by atoms with E-state index < -0.39 is 0 Å². The molecular weight excluding hydrogens is 272 g/mol. The molecule has 0 fully saturated rings. The first-order chi connectivity index (χ1) is 10.2. The fourth-order valence-electron chi connectivity index (χ4n) is 3.28. The van der Waals surface area contributed by atoms with Crippen LogP contribution in [-0.2, 0) is 15.9 Å². The van der Waals surface area contributed by atoms with E-state index in [2.05, 4.69) is 81.0 Å². The summed E-state index contributed by atoms with van der Waals surface area (Å²) in [7, 11) is 0. The van der Waals surface area contributed by atoms with Crippen molar-refractivity contribution in [3.8, 4) is 11.3 Å². The van der Waals surface area contributed by atoms with Gasteiger partial charge in [-0.1, -0.05) is 6.07 Å². The molecule has 0 saturated carbocycles. The zero-order chi connectivity index (χ0) is 16.1. The van der Waals surface area contributed by atoms with Gasteiger partial charge in [0.15, 0.2) is 0 Å². The maximum Gasteiger partial charge on any atom is 0.126 e. The molecule has 1 unspecified atom stereocenters. The average Bonchev–Trinajstić information content (AvgIpc) is 2.86. The predicted molar refractivity (Wildman–Crippen MR) is 92.1 cm³/mol. The SMILES string of the molecule is CC1Nc2ccc(-c3cccn3C(C)(C)C)cc2C(C)(C)O1. The van der Waals surface area contributed by atoms with E-state index in [1.165, 1.54) is 22.5 Å². The van der Waals surface area contributed by atoms with Crippen LogP contribution in [0.5, 0.6) is 0 Å². The van der Waals surface area contributed by atoms with Crippen molar-refractivity contribution in [1.82, 2.24) is 4.57 Å². The van der Waals surface area contributed by atoms with Crippen LogP contribution in [0.15, 0.2) is 36.5 Å². The van der Waals surface area contributed by atoms with Gasteiger partial charge >= 0.3 is 0 Å². The first-order valence-electron chi connectivity index (χ1n) is 7.95. The van der Waals surface area contributed by atoms with Gasteiger partial charge in [0.2, 0.25) is 0 Å². The molecule has 0 amide bonds. The van der Waals surface area contributed by atoms with Crippen LogP contribution in [-0.4, -0.2) is 10.8 Å². The van der Waals surface area contributed by atoms with Crippen LogP contribution < -0.4 is 5.32 Å². The van der Waals surface area contributed by atoms with E-state index in [4.69, 9.17) is 4.74 Å². The van der Waals surface area contributed by atoms with E-state index in [1.807, 2.05) is 6.92 Å². The number of hydrogen-bond acceptors (Lipinski definition) is 2. The van der Waals surface area contributed by atoms with Gasteiger partial charge in [0, 0.05) is 28.7 Å². The van der Waals surface area contributed by atoms with E-state index in [0.717, 1.165) is 0 Å². The van der Waals surface area contributed by atoms with Gasteiger partial charge in [-0.25, -0.2) is 0 Å². The monoisotopic (exact) mass is 298 g/mol. The summed E-state index contributed by atoms with van der Waals surface area (Å²) < 4.78 is 8.37. The van der Waals surface area contributed by atoms with Crippen molar-refractivity contribution >= 4 is 5.69 Å². The Kier molecular flexibility index (Phi) is 3.37. The van der Waals surface area contributed by atoms with Crippen LogP contribution in [0, 0.1) is 0 Å². The highest BCUT2D eigenvalue weighted by molar-refractivity contribution is 5.68. The fourth-order valence-corrected chi connectivity index (χ4v) is 3.28. The number of rotatable bonds is 1. The molecule has 2 heterocycles. The highest BCUT2D eigenvalue weighted by atomic mass is 16.5. The van der Waals surface area contributed by atoms with Crippen LogP contribution in [0.4, 0.5) is 5.69 Å². The maximum atomic E-state index is 6.05. The van der Waals surface area contributed by atoms with E-state index in [9.17, 15) is 0 Å². The second-order valence-electron chi connectivity index (χ2n) is 7.61. The van der Waals surface area contributed by atoms with E-state index >= 15 is 0 Å². The predicted octanol–water partition coefficient (Wildman–Crippen LogP) is 4.93. The number of nitrogens with one attached hydrogen (secondary N) is 1. The Labute approximate surface area is 133 Å². The molecule has 118 valence electrons. The van der Waals surface area contributed by atoms with Crippen molar-refractivity contribution < 1.29 is 4.74 Å². The topological polar surface area (TPSA) is 26.2 Å². The Hall–Kier alpha value is -1.74. The zero-order valence-electron chi connectivity index (χ0n) is 14.4. The third-order valence-electron chi connectivity index (χ3n) is 4.27. The summed E-state index contributed by atoms with van der Waals surface area (Å²) in [6, 6.07) is 10.9. The van der Waals surface area contributed by atoms with Gasteiger partial charge in [0.05, 0.1) is 5.60 Å². The smallest absolute Gasteiger partial charge is 0.126 e. The van der Waals surface area contributed by atoms with Gasteiger partial charge in [-0.05, 0) is 71.4 Å². The summed E-state index contributed by atoms with van der Waals surface area (Å²) in [4.78, 5) is 0. The van der Waals surface area contributed by atoms with Gasteiger partial charge in [0.25, 0.3) is 0 Å². The molecule has 0 radical (unpaired) electrons. The first kappa shape index (κ1) is 15.2. The quantitative estimate of drug-likeness (QED) is 0.807. The normalized spacial score (nSPS) is 20.4. The van der Waals surface area contributed by atoms with Crippen molar-refractivity contribution in [2.24, 2.45) is 0 Å². The highest BCUT2D eigenvalue weighted by Crippen LogP contribution is 2.39. The first-order valence-corrected chi connectivity index (χ1v) is 7.95. The molecule has 3 rings (SSSR count). The molecule has 2 aromatic rings. The van der Waals surface area contributed by atoms with E-state index in [-0.39, 0.29) is 17.4 Å². The Bertz CT molecular complexity index is 692. The molecule has 22 heavy (non-hydrogen) atoms. The Morgan fingerprint density at radius 1 is 1.18 bits per heavy atom. The Morgan fingerprint density at radius 2 is 1.91 bits per heavy atom.